The van der Waals surface area contributed by atoms with Crippen LogP contribution < -0.4 is 15.1 Å². The number of H-pyrrole nitrogens is 1. The Morgan fingerprint density at radius 3 is 2.72 bits per heavy atom. The highest BCUT2D eigenvalue weighted by atomic mass is 19.1. The van der Waals surface area contributed by atoms with Gasteiger partial charge >= 0.3 is 0 Å². The van der Waals surface area contributed by atoms with E-state index in [-0.39, 0.29) is 11.9 Å². The Morgan fingerprint density at radius 2 is 1.94 bits per heavy atom. The molecule has 9 nitrogen and oxygen atoms in total. The monoisotopic (exact) mass is 486 g/mol. The molecular formula is C26H27FN8O. The van der Waals surface area contributed by atoms with E-state index in [2.05, 4.69) is 37.3 Å². The summed E-state index contributed by atoms with van der Waals surface area (Å²) in [5.74, 6) is 1.25. The van der Waals surface area contributed by atoms with E-state index < -0.39 is 11.9 Å². The van der Waals surface area contributed by atoms with Gasteiger partial charge in [-0.15, -0.1) is 0 Å². The number of hydrogen-bond acceptors (Lipinski definition) is 7. The number of aromatic nitrogens is 5. The molecule has 4 heterocycles. The number of pyridine rings is 1. The largest absolute Gasteiger partial charge is 0.340 e. The zero-order valence-corrected chi connectivity index (χ0v) is 20.1. The summed E-state index contributed by atoms with van der Waals surface area (Å²) in [4.78, 5) is 31.1. The summed E-state index contributed by atoms with van der Waals surface area (Å²) in [6, 6.07) is 6.64. The standard InChI is InChI=1S/C26H27FN8O/c1-15-5-7-19(8-6-15)34-16(2)25(36)35(20-4-3-9-28-13-20)22-14-29-26(32-24(22)34)31-18-10-17-12-30-33-23(17)21(27)11-18/h3-4,9-16,19H,5-8H2,1-2H3,(H,30,33)(H,29,31,32)/t15-,16-,19+/m1/s1. The summed E-state index contributed by atoms with van der Waals surface area (Å²) in [7, 11) is 0. The van der Waals surface area contributed by atoms with Crippen LogP contribution in [0.4, 0.5) is 33.2 Å². The first-order chi connectivity index (χ1) is 17.5. The maximum atomic E-state index is 14.5. The lowest BCUT2D eigenvalue weighted by Crippen LogP contribution is -2.55. The number of nitrogens with one attached hydrogen (secondary N) is 2. The molecule has 1 saturated carbocycles. The van der Waals surface area contributed by atoms with Crippen LogP contribution in [0.1, 0.15) is 39.5 Å². The van der Waals surface area contributed by atoms with E-state index in [1.165, 1.54) is 6.07 Å². The van der Waals surface area contributed by atoms with Crippen molar-refractivity contribution in [2.75, 3.05) is 15.1 Å². The fourth-order valence-corrected chi connectivity index (χ4v) is 5.36. The fourth-order valence-electron chi connectivity index (χ4n) is 5.36. The van der Waals surface area contributed by atoms with Gasteiger partial charge in [-0.2, -0.15) is 10.1 Å². The molecule has 1 aromatic carbocycles. The Morgan fingerprint density at radius 1 is 1.11 bits per heavy atom. The lowest BCUT2D eigenvalue weighted by Gasteiger charge is -2.46. The second-order valence-electron chi connectivity index (χ2n) is 9.70. The molecule has 1 aliphatic heterocycles. The molecule has 1 atom stereocenters. The normalized spacial score (nSPS) is 22.1. The Hall–Kier alpha value is -4.08. The average Bonchev–Trinajstić information content (AvgIpc) is 3.36. The number of rotatable bonds is 4. The number of fused-ring (bicyclic) bond motifs is 2. The van der Waals surface area contributed by atoms with E-state index in [1.807, 2.05) is 13.0 Å². The van der Waals surface area contributed by atoms with Crippen molar-refractivity contribution in [1.29, 1.82) is 0 Å². The molecule has 2 aliphatic rings. The topological polar surface area (TPSA) is 103 Å². The zero-order chi connectivity index (χ0) is 24.8. The van der Waals surface area contributed by atoms with Crippen molar-refractivity contribution >= 4 is 45.6 Å². The van der Waals surface area contributed by atoms with Crippen LogP contribution in [0.5, 0.6) is 0 Å². The molecule has 184 valence electrons. The maximum absolute atomic E-state index is 14.5. The van der Waals surface area contributed by atoms with Gasteiger partial charge in [-0.25, -0.2) is 9.37 Å². The lowest BCUT2D eigenvalue weighted by molar-refractivity contribution is -0.119. The molecule has 0 radical (unpaired) electrons. The Kier molecular flexibility index (Phi) is 5.50. The molecule has 6 rings (SSSR count). The first-order valence-electron chi connectivity index (χ1n) is 12.3. The molecule has 0 spiro atoms. The first kappa shape index (κ1) is 22.4. The van der Waals surface area contributed by atoms with Crippen molar-refractivity contribution in [3.8, 4) is 0 Å². The number of carbonyl (C=O) groups is 1. The molecule has 36 heavy (non-hydrogen) atoms. The van der Waals surface area contributed by atoms with Crippen LogP contribution in [-0.2, 0) is 4.79 Å². The Labute approximate surface area is 207 Å². The van der Waals surface area contributed by atoms with Gasteiger partial charge in [0.05, 0.1) is 24.3 Å². The highest BCUT2D eigenvalue weighted by molar-refractivity contribution is 6.09. The van der Waals surface area contributed by atoms with Gasteiger partial charge in [0, 0.05) is 23.3 Å². The van der Waals surface area contributed by atoms with Gasteiger partial charge in [-0.1, -0.05) is 6.92 Å². The van der Waals surface area contributed by atoms with Gasteiger partial charge in [0.2, 0.25) is 5.95 Å². The third-order valence-electron chi connectivity index (χ3n) is 7.27. The third kappa shape index (κ3) is 3.82. The first-order valence-corrected chi connectivity index (χ1v) is 12.3. The van der Waals surface area contributed by atoms with E-state index >= 15 is 0 Å². The summed E-state index contributed by atoms with van der Waals surface area (Å²) in [5.41, 5.74) is 2.16. The highest BCUT2D eigenvalue weighted by Crippen LogP contribution is 2.42. The van der Waals surface area contributed by atoms with Crippen molar-refractivity contribution < 1.29 is 9.18 Å². The van der Waals surface area contributed by atoms with E-state index in [0.717, 1.165) is 25.7 Å². The quantitative estimate of drug-likeness (QED) is 0.414. The predicted molar refractivity (Wildman–Crippen MR) is 136 cm³/mol. The Bertz CT molecular complexity index is 1420. The maximum Gasteiger partial charge on any atom is 0.254 e. The van der Waals surface area contributed by atoms with Crippen LogP contribution in [0, 0.1) is 11.7 Å². The zero-order valence-electron chi connectivity index (χ0n) is 20.1. The van der Waals surface area contributed by atoms with Crippen molar-refractivity contribution in [3.63, 3.8) is 0 Å². The van der Waals surface area contributed by atoms with E-state index in [0.29, 0.717) is 45.6 Å². The number of amides is 1. The third-order valence-corrected chi connectivity index (χ3v) is 7.27. The highest BCUT2D eigenvalue weighted by Gasteiger charge is 2.41. The SMILES string of the molecule is C[C@@H]1C(=O)N(c2cccnc2)c2cnc(Nc3cc(F)c4[nH]ncc4c3)nc2N1[C@H]1CC[C@@H](C)CC1. The van der Waals surface area contributed by atoms with Crippen LogP contribution in [0.15, 0.2) is 49.1 Å². The van der Waals surface area contributed by atoms with Crippen molar-refractivity contribution in [2.45, 2.75) is 51.6 Å². The smallest absolute Gasteiger partial charge is 0.254 e. The average molecular weight is 487 g/mol. The van der Waals surface area contributed by atoms with E-state index in [9.17, 15) is 9.18 Å². The fraction of sp³-hybridized carbons (Fsp3) is 0.346. The van der Waals surface area contributed by atoms with Crippen molar-refractivity contribution in [2.24, 2.45) is 5.92 Å². The predicted octanol–water partition coefficient (Wildman–Crippen LogP) is 5.08. The molecular weight excluding hydrogens is 459 g/mol. The van der Waals surface area contributed by atoms with E-state index in [4.69, 9.17) is 4.98 Å². The van der Waals surface area contributed by atoms with Gasteiger partial charge in [-0.05, 0) is 62.8 Å². The number of aromatic amines is 1. The lowest BCUT2D eigenvalue weighted by atomic mass is 9.85. The molecule has 0 bridgehead atoms. The summed E-state index contributed by atoms with van der Waals surface area (Å²) < 4.78 is 14.5. The van der Waals surface area contributed by atoms with Crippen LogP contribution in [0.2, 0.25) is 0 Å². The Balaban J connectivity index is 1.43. The van der Waals surface area contributed by atoms with Crippen molar-refractivity contribution in [1.82, 2.24) is 25.1 Å². The molecule has 4 aromatic rings. The van der Waals surface area contributed by atoms with Gasteiger partial charge in [0.15, 0.2) is 11.6 Å². The van der Waals surface area contributed by atoms with Crippen molar-refractivity contribution in [3.05, 3.63) is 54.9 Å². The molecule has 3 aromatic heterocycles. The molecule has 1 fully saturated rings. The number of benzene rings is 1. The molecule has 0 saturated heterocycles. The number of carbonyl (C=O) groups excluding carboxylic acids is 1. The van der Waals surface area contributed by atoms with Gasteiger partial charge in [-0.3, -0.25) is 19.8 Å². The number of hydrogen-bond donors (Lipinski definition) is 2. The van der Waals surface area contributed by atoms with Crippen LogP contribution in [0.25, 0.3) is 10.9 Å². The number of anilines is 5. The second kappa shape index (κ2) is 8.85. The molecule has 1 amide bonds. The second-order valence-corrected chi connectivity index (χ2v) is 9.70. The minimum atomic E-state index is -0.412. The summed E-state index contributed by atoms with van der Waals surface area (Å²) >= 11 is 0. The van der Waals surface area contributed by atoms with Crippen LogP contribution in [-0.4, -0.2) is 43.1 Å². The molecule has 1 aliphatic carbocycles. The van der Waals surface area contributed by atoms with Gasteiger partial charge in [0.25, 0.3) is 5.91 Å². The molecule has 2 N–H and O–H groups in total. The van der Waals surface area contributed by atoms with Gasteiger partial charge < -0.3 is 10.2 Å². The van der Waals surface area contributed by atoms with Gasteiger partial charge in [0.1, 0.15) is 17.2 Å². The summed E-state index contributed by atoms with van der Waals surface area (Å²) in [5, 5.41) is 10.4. The minimum absolute atomic E-state index is 0.0362. The summed E-state index contributed by atoms with van der Waals surface area (Å²) in [6.07, 6.45) is 10.8. The number of halogens is 1. The summed E-state index contributed by atoms with van der Waals surface area (Å²) in [6.45, 7) is 4.21. The number of nitrogens with zero attached hydrogens (tertiary/aromatic N) is 6. The molecule has 0 unspecified atom stereocenters. The molecule has 10 heteroatoms. The van der Waals surface area contributed by atoms with Crippen LogP contribution in [0.3, 0.4) is 0 Å². The van der Waals surface area contributed by atoms with E-state index in [1.54, 1.807) is 41.8 Å². The minimum Gasteiger partial charge on any atom is -0.340 e. The van der Waals surface area contributed by atoms with Crippen LogP contribution >= 0.6 is 0 Å².